The summed E-state index contributed by atoms with van der Waals surface area (Å²) in [5, 5.41) is 11.3. The number of hydrogen-bond donors (Lipinski definition) is 1. The lowest BCUT2D eigenvalue weighted by Gasteiger charge is -1.94. The van der Waals surface area contributed by atoms with Crippen LogP contribution in [0.5, 0.6) is 0 Å². The number of aliphatic carboxylic acids is 1. The molecule has 0 saturated heterocycles. The van der Waals surface area contributed by atoms with E-state index < -0.39 is 5.97 Å². The summed E-state index contributed by atoms with van der Waals surface area (Å²) in [4.78, 5) is 22.7. The van der Waals surface area contributed by atoms with Gasteiger partial charge in [0.2, 0.25) is 0 Å². The topological polar surface area (TPSA) is 76.0 Å². The summed E-state index contributed by atoms with van der Waals surface area (Å²) in [6.07, 6.45) is 2.93. The third-order valence-corrected chi connectivity index (χ3v) is 3.71. The smallest absolute Gasteiger partial charge is 0.309 e. The molecule has 17 heavy (non-hydrogen) atoms. The van der Waals surface area contributed by atoms with Crippen molar-refractivity contribution < 1.29 is 9.90 Å². The van der Waals surface area contributed by atoms with E-state index in [9.17, 15) is 4.79 Å². The predicted molar refractivity (Wildman–Crippen MR) is 64.6 cm³/mol. The van der Waals surface area contributed by atoms with Crippen molar-refractivity contribution in [1.82, 2.24) is 15.0 Å². The Morgan fingerprint density at radius 3 is 2.82 bits per heavy atom. The van der Waals surface area contributed by atoms with E-state index in [1.165, 1.54) is 35.5 Å². The highest BCUT2D eigenvalue weighted by molar-refractivity contribution is 8.00. The van der Waals surface area contributed by atoms with E-state index in [-0.39, 0.29) is 6.42 Å². The molecule has 2 heterocycles. The van der Waals surface area contributed by atoms with Crippen molar-refractivity contribution in [2.75, 3.05) is 0 Å². The molecular weight excluding hydrogens is 282 g/mol. The number of carbonyl (C=O) groups is 1. The van der Waals surface area contributed by atoms with Crippen LogP contribution in [0, 0.1) is 0 Å². The molecule has 0 aromatic carbocycles. The standard InChI is InChI=1S/C9H6ClN3O2S2/c10-5-2-11-8(12-3-5)17-9-13-6(4-16-9)1-7(14)15/h2-4H,1H2,(H,14,15). The van der Waals surface area contributed by atoms with Crippen molar-refractivity contribution in [3.63, 3.8) is 0 Å². The van der Waals surface area contributed by atoms with Gasteiger partial charge in [0.1, 0.15) is 0 Å². The lowest BCUT2D eigenvalue weighted by atomic mass is 10.3. The Morgan fingerprint density at radius 2 is 2.18 bits per heavy atom. The fourth-order valence-corrected chi connectivity index (χ4v) is 2.73. The number of hydrogen-bond acceptors (Lipinski definition) is 6. The van der Waals surface area contributed by atoms with Gasteiger partial charge in [-0.05, 0) is 11.8 Å². The molecule has 0 aliphatic carbocycles. The fourth-order valence-electron chi connectivity index (χ4n) is 1.00. The van der Waals surface area contributed by atoms with Crippen molar-refractivity contribution in [3.8, 4) is 0 Å². The third kappa shape index (κ3) is 3.65. The lowest BCUT2D eigenvalue weighted by Crippen LogP contribution is -1.99. The van der Waals surface area contributed by atoms with Crippen LogP contribution in [0.15, 0.2) is 27.3 Å². The van der Waals surface area contributed by atoms with E-state index in [0.717, 1.165) is 0 Å². The van der Waals surface area contributed by atoms with Gasteiger partial charge in [-0.3, -0.25) is 4.79 Å². The molecule has 0 amide bonds. The highest BCUT2D eigenvalue weighted by Crippen LogP contribution is 2.27. The van der Waals surface area contributed by atoms with Crippen molar-refractivity contribution >= 4 is 40.7 Å². The summed E-state index contributed by atoms with van der Waals surface area (Å²) >= 11 is 8.31. The van der Waals surface area contributed by atoms with Gasteiger partial charge in [0.05, 0.1) is 29.5 Å². The second-order valence-electron chi connectivity index (χ2n) is 2.96. The maximum atomic E-state index is 10.5. The zero-order chi connectivity index (χ0) is 12.3. The Balaban J connectivity index is 2.06. The maximum absolute atomic E-state index is 10.5. The first-order chi connectivity index (χ1) is 8.13. The Morgan fingerprint density at radius 1 is 1.47 bits per heavy atom. The number of halogens is 1. The molecule has 0 bridgehead atoms. The van der Waals surface area contributed by atoms with Gasteiger partial charge < -0.3 is 5.11 Å². The molecule has 0 aliphatic heterocycles. The zero-order valence-corrected chi connectivity index (χ0v) is 10.7. The number of carboxylic acids is 1. The molecule has 5 nitrogen and oxygen atoms in total. The van der Waals surface area contributed by atoms with Gasteiger partial charge in [-0.15, -0.1) is 11.3 Å². The predicted octanol–water partition coefficient (Wildman–Crippen LogP) is 2.36. The first-order valence-electron chi connectivity index (χ1n) is 4.45. The molecule has 0 saturated carbocycles. The zero-order valence-electron chi connectivity index (χ0n) is 8.33. The largest absolute Gasteiger partial charge is 0.481 e. The maximum Gasteiger partial charge on any atom is 0.309 e. The Hall–Kier alpha value is -1.18. The van der Waals surface area contributed by atoms with Crippen molar-refractivity contribution in [3.05, 3.63) is 28.5 Å². The molecular formula is C9H6ClN3O2S2. The minimum Gasteiger partial charge on any atom is -0.481 e. The van der Waals surface area contributed by atoms with Gasteiger partial charge in [-0.1, -0.05) is 11.6 Å². The van der Waals surface area contributed by atoms with Gasteiger partial charge in [-0.25, -0.2) is 15.0 Å². The molecule has 2 rings (SSSR count). The van der Waals surface area contributed by atoms with Crippen LogP contribution < -0.4 is 0 Å². The average molecular weight is 288 g/mol. The van der Waals surface area contributed by atoms with Gasteiger partial charge in [0.15, 0.2) is 9.50 Å². The van der Waals surface area contributed by atoms with Gasteiger partial charge in [0.25, 0.3) is 0 Å². The Labute approximate surface area is 110 Å². The molecule has 0 atom stereocenters. The van der Waals surface area contributed by atoms with E-state index >= 15 is 0 Å². The molecule has 0 aliphatic rings. The summed E-state index contributed by atoms with van der Waals surface area (Å²) < 4.78 is 0.712. The van der Waals surface area contributed by atoms with Crippen LogP contribution >= 0.6 is 34.7 Å². The van der Waals surface area contributed by atoms with Crippen LogP contribution in [0.25, 0.3) is 0 Å². The minimum absolute atomic E-state index is 0.0709. The number of nitrogens with zero attached hydrogens (tertiary/aromatic N) is 3. The monoisotopic (exact) mass is 287 g/mol. The van der Waals surface area contributed by atoms with E-state index in [1.807, 2.05) is 0 Å². The van der Waals surface area contributed by atoms with Crippen LogP contribution in [0.4, 0.5) is 0 Å². The van der Waals surface area contributed by atoms with E-state index in [0.29, 0.717) is 20.2 Å². The van der Waals surface area contributed by atoms with Crippen molar-refractivity contribution in [2.45, 2.75) is 15.9 Å². The molecule has 2 aromatic rings. The van der Waals surface area contributed by atoms with Crippen LogP contribution in [0.2, 0.25) is 5.02 Å². The molecule has 1 N–H and O–H groups in total. The molecule has 0 unspecified atom stereocenters. The Bertz CT molecular complexity index is 529. The number of aromatic nitrogens is 3. The lowest BCUT2D eigenvalue weighted by molar-refractivity contribution is -0.136. The average Bonchev–Trinajstić information content (AvgIpc) is 2.68. The molecule has 0 fully saturated rings. The molecule has 0 radical (unpaired) electrons. The van der Waals surface area contributed by atoms with E-state index in [2.05, 4.69) is 15.0 Å². The summed E-state index contributed by atoms with van der Waals surface area (Å²) in [5.41, 5.74) is 0.541. The summed E-state index contributed by atoms with van der Waals surface area (Å²) in [6.45, 7) is 0. The van der Waals surface area contributed by atoms with Gasteiger partial charge in [0, 0.05) is 5.38 Å². The highest BCUT2D eigenvalue weighted by Gasteiger charge is 2.08. The number of thiazole rings is 1. The summed E-state index contributed by atoms with van der Waals surface area (Å²) in [7, 11) is 0. The molecule has 0 spiro atoms. The van der Waals surface area contributed by atoms with Crippen molar-refractivity contribution in [2.24, 2.45) is 0 Å². The highest BCUT2D eigenvalue weighted by atomic mass is 35.5. The first kappa shape index (κ1) is 12.3. The SMILES string of the molecule is O=C(O)Cc1csc(Sc2ncc(Cl)cn2)n1. The quantitative estimate of drug-likeness (QED) is 0.870. The Kier molecular flexibility index (Phi) is 3.93. The third-order valence-electron chi connectivity index (χ3n) is 1.64. The molecule has 8 heteroatoms. The molecule has 2 aromatic heterocycles. The van der Waals surface area contributed by atoms with Gasteiger partial charge >= 0.3 is 5.97 Å². The van der Waals surface area contributed by atoms with E-state index in [1.54, 1.807) is 5.38 Å². The summed E-state index contributed by atoms with van der Waals surface area (Å²) in [6, 6.07) is 0. The first-order valence-corrected chi connectivity index (χ1v) is 6.52. The molecule has 88 valence electrons. The van der Waals surface area contributed by atoms with Crippen molar-refractivity contribution in [1.29, 1.82) is 0 Å². The summed E-state index contributed by atoms with van der Waals surface area (Å²) in [5.74, 6) is -0.894. The van der Waals surface area contributed by atoms with Crippen LogP contribution in [-0.2, 0) is 11.2 Å². The van der Waals surface area contributed by atoms with E-state index in [4.69, 9.17) is 16.7 Å². The van der Waals surface area contributed by atoms with Crippen LogP contribution in [0.1, 0.15) is 5.69 Å². The van der Waals surface area contributed by atoms with Crippen LogP contribution in [0.3, 0.4) is 0 Å². The second kappa shape index (κ2) is 5.44. The van der Waals surface area contributed by atoms with Crippen LogP contribution in [-0.4, -0.2) is 26.0 Å². The van der Waals surface area contributed by atoms with Gasteiger partial charge in [-0.2, -0.15) is 0 Å². The second-order valence-corrected chi connectivity index (χ2v) is 5.47. The minimum atomic E-state index is -0.894. The number of rotatable bonds is 4. The fraction of sp³-hybridized carbons (Fsp3) is 0.111. The number of carboxylic acid groups (broad SMARTS) is 1. The normalized spacial score (nSPS) is 10.4.